The predicted octanol–water partition coefficient (Wildman–Crippen LogP) is 3.51. The number of nitrogens with zero attached hydrogens (tertiary/aromatic N) is 1. The molecule has 0 aliphatic heterocycles. The lowest BCUT2D eigenvalue weighted by atomic mass is 10.1. The normalized spacial score (nSPS) is 13.8. The zero-order valence-electron chi connectivity index (χ0n) is 12.2. The third kappa shape index (κ3) is 2.86. The van der Waals surface area contributed by atoms with Crippen LogP contribution in [0, 0.1) is 5.92 Å². The first-order valence-electron chi connectivity index (χ1n) is 6.91. The van der Waals surface area contributed by atoms with Crippen molar-refractivity contribution in [2.24, 2.45) is 5.92 Å². The highest BCUT2D eigenvalue weighted by atomic mass is 32.2. The Morgan fingerprint density at radius 2 is 1.75 bits per heavy atom. The van der Waals surface area contributed by atoms with Gasteiger partial charge in [0.25, 0.3) is 0 Å². The van der Waals surface area contributed by atoms with Crippen molar-refractivity contribution < 1.29 is 8.42 Å². The Kier molecular flexibility index (Phi) is 4.45. The second-order valence-corrected chi connectivity index (χ2v) is 7.29. The number of fused-ring (bicyclic) bond motifs is 1. The second-order valence-electron chi connectivity index (χ2n) is 5.28. The second kappa shape index (κ2) is 5.94. The number of sulfonamides is 1. The van der Waals surface area contributed by atoms with Crippen LogP contribution in [0.3, 0.4) is 0 Å². The van der Waals surface area contributed by atoms with E-state index in [-0.39, 0.29) is 0 Å². The maximum absolute atomic E-state index is 12.7. The molecule has 0 radical (unpaired) electrons. The summed E-state index contributed by atoms with van der Waals surface area (Å²) < 4.78 is 26.9. The van der Waals surface area contributed by atoms with Crippen molar-refractivity contribution in [1.29, 1.82) is 0 Å². The van der Waals surface area contributed by atoms with E-state index in [1.54, 1.807) is 19.2 Å². The van der Waals surface area contributed by atoms with Crippen molar-refractivity contribution in [2.45, 2.75) is 25.2 Å². The fourth-order valence-electron chi connectivity index (χ4n) is 2.25. The summed E-state index contributed by atoms with van der Waals surface area (Å²) in [5, 5.41) is 1.73. The topological polar surface area (TPSA) is 37.4 Å². The van der Waals surface area contributed by atoms with Crippen molar-refractivity contribution >= 4 is 20.8 Å². The maximum Gasteiger partial charge on any atom is 0.243 e. The van der Waals surface area contributed by atoms with E-state index >= 15 is 0 Å². The van der Waals surface area contributed by atoms with Gasteiger partial charge in [0.15, 0.2) is 0 Å². The fourth-order valence-corrected chi connectivity index (χ4v) is 3.76. The minimum Gasteiger partial charge on any atom is -0.207 e. The van der Waals surface area contributed by atoms with Gasteiger partial charge in [0, 0.05) is 19.0 Å². The van der Waals surface area contributed by atoms with Crippen LogP contribution in [0.2, 0.25) is 0 Å². The Hall–Kier alpha value is -1.39. The highest BCUT2D eigenvalue weighted by molar-refractivity contribution is 7.89. The largest absolute Gasteiger partial charge is 0.243 e. The van der Waals surface area contributed by atoms with Gasteiger partial charge >= 0.3 is 0 Å². The molecule has 2 aromatic carbocycles. The minimum absolute atomic E-state index is 0.352. The van der Waals surface area contributed by atoms with E-state index in [9.17, 15) is 8.42 Å². The highest BCUT2D eigenvalue weighted by Gasteiger charge is 2.23. The van der Waals surface area contributed by atoms with Gasteiger partial charge in [-0.2, -0.15) is 0 Å². The molecular weight excluding hydrogens is 270 g/mol. The molecule has 0 aliphatic rings. The SMILES string of the molecule is CCC(C)CN(C)S(=O)(=O)c1cccc2ccccc12. The van der Waals surface area contributed by atoms with E-state index in [4.69, 9.17) is 0 Å². The van der Waals surface area contributed by atoms with Gasteiger partial charge in [-0.3, -0.25) is 0 Å². The molecule has 2 aromatic rings. The first-order valence-corrected chi connectivity index (χ1v) is 8.35. The van der Waals surface area contributed by atoms with E-state index in [0.29, 0.717) is 17.4 Å². The van der Waals surface area contributed by atoms with Gasteiger partial charge < -0.3 is 0 Å². The Morgan fingerprint density at radius 3 is 2.45 bits per heavy atom. The summed E-state index contributed by atoms with van der Waals surface area (Å²) in [6.07, 6.45) is 0.968. The smallest absolute Gasteiger partial charge is 0.207 e. The maximum atomic E-state index is 12.7. The standard InChI is InChI=1S/C16H21NO2S/c1-4-13(2)12-17(3)20(18,19)16-11-7-9-14-8-5-6-10-15(14)16/h5-11,13H,4,12H2,1-3H3. The average Bonchev–Trinajstić information content (AvgIpc) is 2.46. The van der Waals surface area contributed by atoms with Gasteiger partial charge in [0.1, 0.15) is 0 Å². The highest BCUT2D eigenvalue weighted by Crippen LogP contribution is 2.25. The summed E-state index contributed by atoms with van der Waals surface area (Å²) in [6.45, 7) is 4.68. The van der Waals surface area contributed by atoms with Crippen molar-refractivity contribution in [3.05, 3.63) is 42.5 Å². The Morgan fingerprint density at radius 1 is 1.10 bits per heavy atom. The molecule has 4 heteroatoms. The third-order valence-corrected chi connectivity index (χ3v) is 5.59. The molecule has 0 fully saturated rings. The molecule has 2 rings (SSSR count). The van der Waals surface area contributed by atoms with Gasteiger partial charge in [-0.25, -0.2) is 12.7 Å². The lowest BCUT2D eigenvalue weighted by molar-refractivity contribution is 0.394. The van der Waals surface area contributed by atoms with Gasteiger partial charge in [0.2, 0.25) is 10.0 Å². The van der Waals surface area contributed by atoms with Crippen LogP contribution in [0.15, 0.2) is 47.4 Å². The molecule has 0 N–H and O–H groups in total. The summed E-state index contributed by atoms with van der Waals surface area (Å²) in [6, 6.07) is 13.0. The van der Waals surface area contributed by atoms with Crippen LogP contribution in [0.25, 0.3) is 10.8 Å². The Balaban J connectivity index is 2.47. The first-order chi connectivity index (χ1) is 9.46. The van der Waals surface area contributed by atoms with Gasteiger partial charge in [-0.15, -0.1) is 0 Å². The van der Waals surface area contributed by atoms with Gasteiger partial charge in [-0.05, 0) is 17.4 Å². The van der Waals surface area contributed by atoms with E-state index in [2.05, 4.69) is 13.8 Å². The van der Waals surface area contributed by atoms with Crippen LogP contribution < -0.4 is 0 Å². The van der Waals surface area contributed by atoms with Crippen LogP contribution in [-0.4, -0.2) is 26.3 Å². The lowest BCUT2D eigenvalue weighted by Gasteiger charge is -2.21. The molecule has 0 aliphatic carbocycles. The van der Waals surface area contributed by atoms with Crippen LogP contribution in [-0.2, 0) is 10.0 Å². The van der Waals surface area contributed by atoms with Gasteiger partial charge in [-0.1, -0.05) is 56.7 Å². The fraction of sp³-hybridized carbons (Fsp3) is 0.375. The average molecular weight is 291 g/mol. The Bertz CT molecular complexity index is 689. The van der Waals surface area contributed by atoms with Crippen LogP contribution in [0.1, 0.15) is 20.3 Å². The van der Waals surface area contributed by atoms with E-state index < -0.39 is 10.0 Å². The molecule has 0 bridgehead atoms. The van der Waals surface area contributed by atoms with Gasteiger partial charge in [0.05, 0.1) is 4.90 Å². The predicted molar refractivity (Wildman–Crippen MR) is 83.2 cm³/mol. The summed E-state index contributed by atoms with van der Waals surface area (Å²) >= 11 is 0. The van der Waals surface area contributed by atoms with Crippen molar-refractivity contribution in [2.75, 3.05) is 13.6 Å². The molecule has 0 saturated carbocycles. The van der Waals surface area contributed by atoms with Crippen molar-refractivity contribution in [3.8, 4) is 0 Å². The van der Waals surface area contributed by atoms with Crippen LogP contribution in [0.5, 0.6) is 0 Å². The Labute approximate surface area is 121 Å². The molecule has 0 amide bonds. The minimum atomic E-state index is -3.44. The zero-order valence-corrected chi connectivity index (χ0v) is 13.0. The summed E-state index contributed by atoms with van der Waals surface area (Å²) in [7, 11) is -1.78. The summed E-state index contributed by atoms with van der Waals surface area (Å²) in [5.41, 5.74) is 0. The quantitative estimate of drug-likeness (QED) is 0.845. The zero-order chi connectivity index (χ0) is 14.8. The monoisotopic (exact) mass is 291 g/mol. The number of benzene rings is 2. The molecule has 20 heavy (non-hydrogen) atoms. The molecule has 0 heterocycles. The lowest BCUT2D eigenvalue weighted by Crippen LogP contribution is -2.31. The molecule has 108 valence electrons. The molecule has 0 saturated heterocycles. The summed E-state index contributed by atoms with van der Waals surface area (Å²) in [5.74, 6) is 0.352. The first kappa shape index (κ1) is 15.0. The van der Waals surface area contributed by atoms with Crippen LogP contribution in [0.4, 0.5) is 0 Å². The molecule has 0 spiro atoms. The number of rotatable bonds is 5. The molecule has 1 unspecified atom stereocenters. The van der Waals surface area contributed by atoms with E-state index in [1.807, 2.05) is 30.3 Å². The molecule has 0 aromatic heterocycles. The molecule has 1 atom stereocenters. The number of hydrogen-bond donors (Lipinski definition) is 0. The van der Waals surface area contributed by atoms with Crippen LogP contribution >= 0.6 is 0 Å². The molecule has 3 nitrogen and oxygen atoms in total. The number of hydrogen-bond acceptors (Lipinski definition) is 2. The van der Waals surface area contributed by atoms with E-state index in [0.717, 1.165) is 17.2 Å². The third-order valence-electron chi connectivity index (χ3n) is 3.70. The molecular formula is C16H21NO2S. The van der Waals surface area contributed by atoms with Crippen molar-refractivity contribution in [1.82, 2.24) is 4.31 Å². The van der Waals surface area contributed by atoms with Crippen molar-refractivity contribution in [3.63, 3.8) is 0 Å². The van der Waals surface area contributed by atoms with E-state index in [1.165, 1.54) is 4.31 Å². The summed E-state index contributed by atoms with van der Waals surface area (Å²) in [4.78, 5) is 0.390.